The molecule has 0 radical (unpaired) electrons. The Morgan fingerprint density at radius 2 is 1.96 bits per heavy atom. The van der Waals surface area contributed by atoms with Crippen LogP contribution in [0.2, 0.25) is 0 Å². The third-order valence-electron chi connectivity index (χ3n) is 4.82. The van der Waals surface area contributed by atoms with E-state index in [4.69, 9.17) is 4.42 Å². The second kappa shape index (κ2) is 6.25. The molecule has 0 fully saturated rings. The lowest BCUT2D eigenvalue weighted by Crippen LogP contribution is -2.29. The van der Waals surface area contributed by atoms with Crippen LogP contribution in [-0.4, -0.2) is 27.6 Å². The lowest BCUT2D eigenvalue weighted by Gasteiger charge is -2.16. The first kappa shape index (κ1) is 15.6. The van der Waals surface area contributed by atoms with Gasteiger partial charge in [0.1, 0.15) is 5.69 Å². The highest BCUT2D eigenvalue weighted by Crippen LogP contribution is 2.33. The van der Waals surface area contributed by atoms with Gasteiger partial charge in [-0.1, -0.05) is 6.07 Å². The van der Waals surface area contributed by atoms with Crippen molar-refractivity contribution in [2.75, 3.05) is 11.4 Å². The van der Waals surface area contributed by atoms with E-state index in [1.54, 1.807) is 35.7 Å². The van der Waals surface area contributed by atoms with Crippen LogP contribution in [-0.2, 0) is 6.42 Å². The normalized spacial score (nSPS) is 13.0. The maximum atomic E-state index is 13.0. The number of nitrogens with one attached hydrogen (secondary N) is 1. The number of furan rings is 1. The summed E-state index contributed by atoms with van der Waals surface area (Å²) in [5, 5.41) is 7.04. The van der Waals surface area contributed by atoms with Crippen LogP contribution in [0.4, 0.5) is 5.69 Å². The summed E-state index contributed by atoms with van der Waals surface area (Å²) in [4.78, 5) is 18.8. The molecule has 0 atom stereocenters. The second-order valence-electron chi connectivity index (χ2n) is 6.43. The molecule has 27 heavy (non-hydrogen) atoms. The first-order valence-corrected chi connectivity index (χ1v) is 8.74. The van der Waals surface area contributed by atoms with Gasteiger partial charge in [-0.15, -0.1) is 0 Å². The summed E-state index contributed by atoms with van der Waals surface area (Å²) < 4.78 is 5.35. The summed E-state index contributed by atoms with van der Waals surface area (Å²) in [5.74, 6) is 0.546. The molecular weight excluding hydrogens is 340 g/mol. The van der Waals surface area contributed by atoms with E-state index in [0.29, 0.717) is 23.7 Å². The number of benzene rings is 1. The molecule has 1 aliphatic heterocycles. The molecule has 1 aromatic carbocycles. The zero-order chi connectivity index (χ0) is 18.2. The first-order chi connectivity index (χ1) is 13.3. The minimum absolute atomic E-state index is 0.112. The molecule has 132 valence electrons. The number of hydrogen-bond donors (Lipinski definition) is 1. The summed E-state index contributed by atoms with van der Waals surface area (Å²) >= 11 is 0. The molecule has 1 aliphatic rings. The first-order valence-electron chi connectivity index (χ1n) is 8.74. The van der Waals surface area contributed by atoms with Gasteiger partial charge in [-0.05, 0) is 59.5 Å². The number of amides is 1. The van der Waals surface area contributed by atoms with Crippen molar-refractivity contribution in [3.63, 3.8) is 0 Å². The van der Waals surface area contributed by atoms with Crippen LogP contribution in [0, 0.1) is 0 Å². The van der Waals surface area contributed by atoms with Crippen LogP contribution in [0.5, 0.6) is 0 Å². The van der Waals surface area contributed by atoms with E-state index in [9.17, 15) is 4.79 Å². The van der Waals surface area contributed by atoms with Gasteiger partial charge in [0.05, 0.1) is 6.26 Å². The molecule has 5 rings (SSSR count). The van der Waals surface area contributed by atoms with Crippen LogP contribution >= 0.6 is 0 Å². The average Bonchev–Trinajstić information content (AvgIpc) is 3.47. The number of hydrogen-bond acceptors (Lipinski definition) is 4. The van der Waals surface area contributed by atoms with E-state index in [2.05, 4.69) is 21.2 Å². The molecule has 1 amide bonds. The molecule has 0 unspecified atom stereocenters. The van der Waals surface area contributed by atoms with Gasteiger partial charge in [0.25, 0.3) is 5.91 Å². The molecule has 4 heterocycles. The van der Waals surface area contributed by atoms with Crippen LogP contribution in [0.3, 0.4) is 0 Å². The molecule has 0 saturated carbocycles. The SMILES string of the molecule is O=C(c1cc(-c2ccco2)[nH]n1)N1CCc2cc(-c3ccncc3)ccc21. The number of carbonyl (C=O) groups excluding carboxylic acids is 1. The van der Waals surface area contributed by atoms with E-state index < -0.39 is 0 Å². The number of carbonyl (C=O) groups is 1. The maximum absolute atomic E-state index is 13.0. The Balaban J connectivity index is 1.43. The Bertz CT molecular complexity index is 1100. The van der Waals surface area contributed by atoms with Crippen molar-refractivity contribution >= 4 is 11.6 Å². The quantitative estimate of drug-likeness (QED) is 0.603. The van der Waals surface area contributed by atoms with Crippen molar-refractivity contribution in [2.24, 2.45) is 0 Å². The summed E-state index contributed by atoms with van der Waals surface area (Å²) in [6.07, 6.45) is 5.99. The van der Waals surface area contributed by atoms with Gasteiger partial charge >= 0.3 is 0 Å². The number of pyridine rings is 1. The molecule has 3 aromatic heterocycles. The lowest BCUT2D eigenvalue weighted by atomic mass is 10.0. The summed E-state index contributed by atoms with van der Waals surface area (Å²) in [5.41, 5.74) is 5.43. The highest BCUT2D eigenvalue weighted by molar-refractivity contribution is 6.06. The highest BCUT2D eigenvalue weighted by atomic mass is 16.3. The zero-order valence-corrected chi connectivity index (χ0v) is 14.4. The van der Waals surface area contributed by atoms with E-state index in [1.165, 1.54) is 5.56 Å². The Kier molecular flexibility index (Phi) is 3.60. The minimum atomic E-state index is -0.112. The predicted molar refractivity (Wildman–Crippen MR) is 101 cm³/mol. The number of H-pyrrole nitrogens is 1. The number of anilines is 1. The van der Waals surface area contributed by atoms with Gasteiger partial charge in [0.15, 0.2) is 11.5 Å². The summed E-state index contributed by atoms with van der Waals surface area (Å²) in [6.45, 7) is 0.650. The Labute approximate surface area is 155 Å². The molecular formula is C21H16N4O2. The number of nitrogens with zero attached hydrogens (tertiary/aromatic N) is 3. The number of rotatable bonds is 3. The second-order valence-corrected chi connectivity index (χ2v) is 6.43. The fraction of sp³-hybridized carbons (Fsp3) is 0.0952. The summed E-state index contributed by atoms with van der Waals surface area (Å²) in [7, 11) is 0. The van der Waals surface area contributed by atoms with Gasteiger partial charge in [0.2, 0.25) is 0 Å². The predicted octanol–water partition coefficient (Wildman–Crippen LogP) is 3.93. The van der Waals surface area contributed by atoms with E-state index in [1.807, 2.05) is 30.3 Å². The van der Waals surface area contributed by atoms with Crippen molar-refractivity contribution in [2.45, 2.75) is 6.42 Å². The van der Waals surface area contributed by atoms with Crippen molar-refractivity contribution in [1.82, 2.24) is 15.2 Å². The Morgan fingerprint density at radius 1 is 1.07 bits per heavy atom. The van der Waals surface area contributed by atoms with Gasteiger partial charge in [-0.25, -0.2) is 0 Å². The van der Waals surface area contributed by atoms with E-state index in [0.717, 1.165) is 23.2 Å². The van der Waals surface area contributed by atoms with Crippen molar-refractivity contribution < 1.29 is 9.21 Å². The lowest BCUT2D eigenvalue weighted by molar-refractivity contribution is 0.0984. The average molecular weight is 356 g/mol. The molecule has 6 nitrogen and oxygen atoms in total. The molecule has 0 saturated heterocycles. The molecule has 0 aliphatic carbocycles. The third kappa shape index (κ3) is 2.71. The highest BCUT2D eigenvalue weighted by Gasteiger charge is 2.27. The van der Waals surface area contributed by atoms with E-state index >= 15 is 0 Å². The zero-order valence-electron chi connectivity index (χ0n) is 14.4. The van der Waals surface area contributed by atoms with Gasteiger partial charge in [-0.3, -0.25) is 14.9 Å². The van der Waals surface area contributed by atoms with E-state index in [-0.39, 0.29) is 5.91 Å². The summed E-state index contributed by atoms with van der Waals surface area (Å²) in [6, 6.07) is 15.5. The maximum Gasteiger partial charge on any atom is 0.278 e. The molecule has 0 bridgehead atoms. The largest absolute Gasteiger partial charge is 0.463 e. The Hall–Kier alpha value is -3.67. The topological polar surface area (TPSA) is 75.0 Å². The Morgan fingerprint density at radius 3 is 2.78 bits per heavy atom. The smallest absolute Gasteiger partial charge is 0.278 e. The van der Waals surface area contributed by atoms with Gasteiger partial charge in [0, 0.05) is 30.7 Å². The molecule has 4 aromatic rings. The number of aromatic nitrogens is 3. The third-order valence-corrected chi connectivity index (χ3v) is 4.82. The van der Waals surface area contributed by atoms with Crippen LogP contribution in [0.15, 0.2) is 71.6 Å². The monoisotopic (exact) mass is 356 g/mol. The van der Waals surface area contributed by atoms with Crippen molar-refractivity contribution in [3.05, 3.63) is 78.4 Å². The van der Waals surface area contributed by atoms with Crippen LogP contribution in [0.1, 0.15) is 16.1 Å². The molecule has 1 N–H and O–H groups in total. The fourth-order valence-electron chi connectivity index (χ4n) is 3.46. The van der Waals surface area contributed by atoms with Crippen molar-refractivity contribution in [1.29, 1.82) is 0 Å². The standard InChI is InChI=1S/C21H16N4O2/c26-21(18-13-17(23-24-18)20-2-1-11-27-20)25-10-7-16-12-15(3-4-19(16)25)14-5-8-22-9-6-14/h1-6,8-9,11-13H,7,10H2,(H,23,24). The number of fused-ring (bicyclic) bond motifs is 1. The van der Waals surface area contributed by atoms with Gasteiger partial charge in [-0.2, -0.15) is 5.10 Å². The minimum Gasteiger partial charge on any atom is -0.463 e. The molecule has 0 spiro atoms. The number of aromatic amines is 1. The van der Waals surface area contributed by atoms with Crippen LogP contribution < -0.4 is 4.90 Å². The molecule has 6 heteroatoms. The fourth-order valence-corrected chi connectivity index (χ4v) is 3.46. The van der Waals surface area contributed by atoms with Crippen LogP contribution in [0.25, 0.3) is 22.6 Å². The van der Waals surface area contributed by atoms with Gasteiger partial charge < -0.3 is 9.32 Å². The van der Waals surface area contributed by atoms with Crippen molar-refractivity contribution in [3.8, 4) is 22.6 Å².